The van der Waals surface area contributed by atoms with Gasteiger partial charge in [0.05, 0.1) is 6.10 Å². The van der Waals surface area contributed by atoms with E-state index in [-0.39, 0.29) is 6.61 Å². The molecule has 2 N–H and O–H groups in total. The van der Waals surface area contributed by atoms with Crippen LogP contribution in [0.25, 0.3) is 0 Å². The zero-order chi connectivity index (χ0) is 8.97. The summed E-state index contributed by atoms with van der Waals surface area (Å²) in [4.78, 5) is 0. The molecule has 0 bridgehead atoms. The molecule has 2 nitrogen and oxygen atoms in total. The van der Waals surface area contributed by atoms with Gasteiger partial charge in [-0.3, -0.25) is 0 Å². The van der Waals surface area contributed by atoms with Crippen LogP contribution in [-0.4, -0.2) is 16.8 Å². The molecule has 0 aromatic heterocycles. The highest BCUT2D eigenvalue weighted by Gasteiger charge is 2.05. The monoisotopic (exact) mass is 186 g/mol. The van der Waals surface area contributed by atoms with E-state index in [0.29, 0.717) is 11.4 Å². The van der Waals surface area contributed by atoms with Crippen molar-refractivity contribution >= 4 is 11.6 Å². The smallest absolute Gasteiger partial charge is 0.0812 e. The maximum Gasteiger partial charge on any atom is 0.0812 e. The number of rotatable bonds is 3. The number of halogens is 1. The van der Waals surface area contributed by atoms with Crippen LogP contribution >= 0.6 is 11.6 Å². The average Bonchev–Trinajstić information content (AvgIpc) is 2.05. The Bertz CT molecular complexity index is 250. The molecule has 0 amide bonds. The molecule has 0 spiro atoms. The molecular formula is C9H11ClO2. The first-order chi connectivity index (χ1) is 5.74. The van der Waals surface area contributed by atoms with Crippen LogP contribution in [0.1, 0.15) is 18.1 Å². The van der Waals surface area contributed by atoms with Gasteiger partial charge in [0.2, 0.25) is 0 Å². The Hall–Kier alpha value is -0.570. The van der Waals surface area contributed by atoms with Crippen molar-refractivity contribution in [1.29, 1.82) is 0 Å². The minimum atomic E-state index is -0.617. The molecule has 0 saturated carbocycles. The first-order valence-corrected chi connectivity index (χ1v) is 4.16. The molecule has 0 heterocycles. The molecule has 0 radical (unpaired) electrons. The fraction of sp³-hybridized carbons (Fsp3) is 0.333. The standard InChI is InChI=1S/C9H11ClO2/c10-8-3-1-2-7(6-8)9(12)4-5-11/h1-3,6,9,11-12H,4-5H2/t9-/m0/s1. The third-order valence-corrected chi connectivity index (χ3v) is 1.87. The van der Waals surface area contributed by atoms with Gasteiger partial charge in [-0.2, -0.15) is 0 Å². The van der Waals surface area contributed by atoms with Crippen LogP contribution in [0.3, 0.4) is 0 Å². The molecular weight excluding hydrogens is 176 g/mol. The summed E-state index contributed by atoms with van der Waals surface area (Å²) in [7, 11) is 0. The van der Waals surface area contributed by atoms with Crippen LogP contribution in [0.2, 0.25) is 5.02 Å². The van der Waals surface area contributed by atoms with Gasteiger partial charge in [0, 0.05) is 18.1 Å². The summed E-state index contributed by atoms with van der Waals surface area (Å²) < 4.78 is 0. The van der Waals surface area contributed by atoms with Crippen molar-refractivity contribution in [2.45, 2.75) is 12.5 Å². The second-order valence-electron chi connectivity index (χ2n) is 2.58. The van der Waals surface area contributed by atoms with Gasteiger partial charge in [0.15, 0.2) is 0 Å². The molecule has 0 unspecified atom stereocenters. The Morgan fingerprint density at radius 3 is 2.75 bits per heavy atom. The Kier molecular flexibility index (Phi) is 3.53. The molecule has 3 heteroatoms. The molecule has 1 rings (SSSR count). The molecule has 12 heavy (non-hydrogen) atoms. The maximum absolute atomic E-state index is 9.43. The van der Waals surface area contributed by atoms with E-state index in [1.807, 2.05) is 0 Å². The predicted molar refractivity (Wildman–Crippen MR) is 48.1 cm³/mol. The predicted octanol–water partition coefficient (Wildman–Crippen LogP) is 1.76. The summed E-state index contributed by atoms with van der Waals surface area (Å²) in [6.07, 6.45) is -0.269. The largest absolute Gasteiger partial charge is 0.396 e. The topological polar surface area (TPSA) is 40.5 Å². The minimum absolute atomic E-state index is 0.0202. The molecule has 0 aliphatic heterocycles. The fourth-order valence-corrected chi connectivity index (χ4v) is 1.20. The molecule has 0 aliphatic rings. The highest BCUT2D eigenvalue weighted by Crippen LogP contribution is 2.19. The lowest BCUT2D eigenvalue weighted by atomic mass is 10.1. The van der Waals surface area contributed by atoms with Crippen LogP contribution in [-0.2, 0) is 0 Å². The molecule has 66 valence electrons. The summed E-state index contributed by atoms with van der Waals surface area (Å²) in [6.45, 7) is -0.0202. The van der Waals surface area contributed by atoms with E-state index >= 15 is 0 Å². The summed E-state index contributed by atoms with van der Waals surface area (Å²) in [6, 6.07) is 7.00. The fourth-order valence-electron chi connectivity index (χ4n) is 1.00. The summed E-state index contributed by atoms with van der Waals surface area (Å²) in [5.41, 5.74) is 0.747. The van der Waals surface area contributed by atoms with E-state index in [1.54, 1.807) is 24.3 Å². The van der Waals surface area contributed by atoms with Crippen molar-refractivity contribution in [1.82, 2.24) is 0 Å². The zero-order valence-corrected chi connectivity index (χ0v) is 7.33. The number of aliphatic hydroxyl groups excluding tert-OH is 2. The second kappa shape index (κ2) is 4.45. The second-order valence-corrected chi connectivity index (χ2v) is 3.02. The van der Waals surface area contributed by atoms with Gasteiger partial charge < -0.3 is 10.2 Å². The lowest BCUT2D eigenvalue weighted by molar-refractivity contribution is 0.134. The highest BCUT2D eigenvalue weighted by atomic mass is 35.5. The summed E-state index contributed by atoms with van der Waals surface area (Å²) in [5.74, 6) is 0. The molecule has 0 aliphatic carbocycles. The Labute approximate surface area is 76.4 Å². The van der Waals surface area contributed by atoms with Gasteiger partial charge in [-0.15, -0.1) is 0 Å². The van der Waals surface area contributed by atoms with Gasteiger partial charge in [-0.25, -0.2) is 0 Å². The Morgan fingerprint density at radius 2 is 2.17 bits per heavy atom. The Morgan fingerprint density at radius 1 is 1.42 bits per heavy atom. The van der Waals surface area contributed by atoms with E-state index in [0.717, 1.165) is 5.56 Å². The quantitative estimate of drug-likeness (QED) is 0.755. The first kappa shape index (κ1) is 9.52. The third kappa shape index (κ3) is 2.48. The van der Waals surface area contributed by atoms with Gasteiger partial charge in [-0.1, -0.05) is 23.7 Å². The molecule has 1 atom stereocenters. The third-order valence-electron chi connectivity index (χ3n) is 1.64. The van der Waals surface area contributed by atoms with Crippen molar-refractivity contribution in [3.05, 3.63) is 34.9 Å². The number of aliphatic hydroxyl groups is 2. The number of hydrogen-bond acceptors (Lipinski definition) is 2. The van der Waals surface area contributed by atoms with Crippen molar-refractivity contribution in [3.8, 4) is 0 Å². The number of benzene rings is 1. The molecule has 0 saturated heterocycles. The van der Waals surface area contributed by atoms with Crippen LogP contribution in [0.15, 0.2) is 24.3 Å². The van der Waals surface area contributed by atoms with E-state index < -0.39 is 6.10 Å². The van der Waals surface area contributed by atoms with Gasteiger partial charge >= 0.3 is 0 Å². The molecule has 1 aromatic carbocycles. The maximum atomic E-state index is 9.43. The minimum Gasteiger partial charge on any atom is -0.396 e. The molecule has 0 fully saturated rings. The van der Waals surface area contributed by atoms with Crippen LogP contribution < -0.4 is 0 Å². The average molecular weight is 187 g/mol. The molecule has 1 aromatic rings. The SMILES string of the molecule is OCC[C@H](O)c1cccc(Cl)c1. The van der Waals surface area contributed by atoms with Crippen molar-refractivity contribution < 1.29 is 10.2 Å². The van der Waals surface area contributed by atoms with E-state index in [9.17, 15) is 5.11 Å². The lowest BCUT2D eigenvalue weighted by Crippen LogP contribution is -1.99. The van der Waals surface area contributed by atoms with E-state index in [1.165, 1.54) is 0 Å². The van der Waals surface area contributed by atoms with E-state index in [4.69, 9.17) is 16.7 Å². The lowest BCUT2D eigenvalue weighted by Gasteiger charge is -2.08. The van der Waals surface area contributed by atoms with Gasteiger partial charge in [0.1, 0.15) is 0 Å². The Balaban J connectivity index is 2.73. The van der Waals surface area contributed by atoms with Crippen molar-refractivity contribution in [2.24, 2.45) is 0 Å². The normalized spacial score (nSPS) is 12.9. The van der Waals surface area contributed by atoms with Gasteiger partial charge in [0.25, 0.3) is 0 Å². The van der Waals surface area contributed by atoms with Gasteiger partial charge in [-0.05, 0) is 17.7 Å². The zero-order valence-electron chi connectivity index (χ0n) is 6.57. The van der Waals surface area contributed by atoms with Crippen molar-refractivity contribution in [3.63, 3.8) is 0 Å². The van der Waals surface area contributed by atoms with E-state index in [2.05, 4.69) is 0 Å². The van der Waals surface area contributed by atoms with Crippen molar-refractivity contribution in [2.75, 3.05) is 6.61 Å². The summed E-state index contributed by atoms with van der Waals surface area (Å²) in [5, 5.41) is 18.6. The van der Waals surface area contributed by atoms with Crippen LogP contribution in [0, 0.1) is 0 Å². The number of hydrogen-bond donors (Lipinski definition) is 2. The summed E-state index contributed by atoms with van der Waals surface area (Å²) >= 11 is 5.72. The van der Waals surface area contributed by atoms with Crippen LogP contribution in [0.4, 0.5) is 0 Å². The first-order valence-electron chi connectivity index (χ1n) is 3.78. The van der Waals surface area contributed by atoms with Crippen LogP contribution in [0.5, 0.6) is 0 Å². The highest BCUT2D eigenvalue weighted by molar-refractivity contribution is 6.30.